The van der Waals surface area contributed by atoms with E-state index in [-0.39, 0.29) is 29.9 Å². The number of benzene rings is 1. The van der Waals surface area contributed by atoms with Crippen LogP contribution >= 0.6 is 0 Å². The van der Waals surface area contributed by atoms with Crippen LogP contribution in [0.2, 0.25) is 0 Å². The zero-order valence-electron chi connectivity index (χ0n) is 12.2. The lowest BCUT2D eigenvalue weighted by Crippen LogP contribution is -2.20. The first kappa shape index (κ1) is 17.2. The van der Waals surface area contributed by atoms with Crippen LogP contribution < -0.4 is 14.8 Å². The highest BCUT2D eigenvalue weighted by Gasteiger charge is 2.18. The first-order valence-electron chi connectivity index (χ1n) is 6.47. The van der Waals surface area contributed by atoms with E-state index in [2.05, 4.69) is 14.8 Å². The van der Waals surface area contributed by atoms with Gasteiger partial charge in [0.1, 0.15) is 0 Å². The van der Waals surface area contributed by atoms with Crippen LogP contribution in [0.3, 0.4) is 0 Å². The highest BCUT2D eigenvalue weighted by Crippen LogP contribution is 2.32. The van der Waals surface area contributed by atoms with Crippen LogP contribution in [0, 0.1) is 0 Å². The van der Waals surface area contributed by atoms with Gasteiger partial charge in [-0.2, -0.15) is 8.78 Å². The van der Waals surface area contributed by atoms with Gasteiger partial charge in [0, 0.05) is 6.04 Å². The quantitative estimate of drug-likeness (QED) is 0.748. The molecule has 0 saturated carbocycles. The maximum absolute atomic E-state index is 12.3. The molecule has 21 heavy (non-hydrogen) atoms. The van der Waals surface area contributed by atoms with Gasteiger partial charge in [0.05, 0.1) is 20.1 Å². The van der Waals surface area contributed by atoms with Crippen LogP contribution in [0.15, 0.2) is 18.2 Å². The van der Waals surface area contributed by atoms with E-state index in [0.29, 0.717) is 12.2 Å². The molecule has 1 atom stereocenters. The van der Waals surface area contributed by atoms with Crippen molar-refractivity contribution in [1.29, 1.82) is 0 Å². The van der Waals surface area contributed by atoms with Gasteiger partial charge in [0.25, 0.3) is 0 Å². The molecule has 0 aliphatic heterocycles. The van der Waals surface area contributed by atoms with E-state index >= 15 is 0 Å². The Balaban J connectivity index is 3.01. The van der Waals surface area contributed by atoms with Crippen molar-refractivity contribution in [3.63, 3.8) is 0 Å². The van der Waals surface area contributed by atoms with Gasteiger partial charge in [-0.3, -0.25) is 4.79 Å². The molecule has 1 aromatic rings. The third-order valence-corrected chi connectivity index (χ3v) is 2.83. The molecular formula is C14H19F2NO4. The third kappa shape index (κ3) is 5.18. The Kier molecular flexibility index (Phi) is 6.87. The van der Waals surface area contributed by atoms with E-state index in [1.807, 2.05) is 0 Å². The van der Waals surface area contributed by atoms with Gasteiger partial charge in [0.2, 0.25) is 0 Å². The monoisotopic (exact) mass is 303 g/mol. The Morgan fingerprint density at radius 1 is 1.33 bits per heavy atom. The summed E-state index contributed by atoms with van der Waals surface area (Å²) in [4.78, 5) is 11.4. The zero-order chi connectivity index (χ0) is 15.8. The maximum Gasteiger partial charge on any atom is 0.387 e. The smallest absolute Gasteiger partial charge is 0.387 e. The molecule has 118 valence electrons. The van der Waals surface area contributed by atoms with Gasteiger partial charge < -0.3 is 19.5 Å². The largest absolute Gasteiger partial charge is 0.490 e. The fourth-order valence-electron chi connectivity index (χ4n) is 1.84. The number of nitrogens with one attached hydrogen (secondary N) is 1. The van der Waals surface area contributed by atoms with Gasteiger partial charge in [-0.15, -0.1) is 0 Å². The predicted octanol–water partition coefficient (Wildman–Crippen LogP) is 2.51. The number of esters is 1. The van der Waals surface area contributed by atoms with Crippen molar-refractivity contribution in [1.82, 2.24) is 5.32 Å². The number of hydrogen-bond acceptors (Lipinski definition) is 5. The van der Waals surface area contributed by atoms with Gasteiger partial charge in [-0.1, -0.05) is 6.07 Å². The Hall–Kier alpha value is -1.89. The molecule has 1 unspecified atom stereocenters. The molecule has 0 aromatic heterocycles. The molecule has 1 aromatic carbocycles. The van der Waals surface area contributed by atoms with Crippen molar-refractivity contribution in [2.75, 3.05) is 20.8 Å². The fraction of sp³-hybridized carbons (Fsp3) is 0.500. The van der Waals surface area contributed by atoms with Crippen LogP contribution in [-0.4, -0.2) is 33.3 Å². The summed E-state index contributed by atoms with van der Waals surface area (Å²) in [7, 11) is 3.00. The van der Waals surface area contributed by atoms with Gasteiger partial charge in [-0.25, -0.2) is 0 Å². The molecule has 0 aliphatic rings. The minimum Gasteiger partial charge on any atom is -0.490 e. The second-order valence-electron chi connectivity index (χ2n) is 4.14. The van der Waals surface area contributed by atoms with E-state index in [0.717, 1.165) is 0 Å². The summed E-state index contributed by atoms with van der Waals surface area (Å²) in [6.07, 6.45) is 0.119. The van der Waals surface area contributed by atoms with Crippen LogP contribution in [0.5, 0.6) is 11.5 Å². The molecule has 0 spiro atoms. The van der Waals surface area contributed by atoms with Crippen molar-refractivity contribution in [3.05, 3.63) is 23.8 Å². The maximum atomic E-state index is 12.3. The molecule has 0 amide bonds. The van der Waals surface area contributed by atoms with Crippen LogP contribution in [-0.2, 0) is 9.53 Å². The number of hydrogen-bond donors (Lipinski definition) is 1. The van der Waals surface area contributed by atoms with Crippen molar-refractivity contribution in [2.24, 2.45) is 0 Å². The summed E-state index contributed by atoms with van der Waals surface area (Å²) in [5, 5.41) is 2.97. The molecular weight excluding hydrogens is 284 g/mol. The highest BCUT2D eigenvalue weighted by atomic mass is 19.3. The number of rotatable bonds is 8. The van der Waals surface area contributed by atoms with Crippen LogP contribution in [0.25, 0.3) is 0 Å². The first-order chi connectivity index (χ1) is 10.0. The summed E-state index contributed by atoms with van der Waals surface area (Å²) in [6.45, 7) is -0.877. The summed E-state index contributed by atoms with van der Waals surface area (Å²) >= 11 is 0. The molecule has 7 heteroatoms. The third-order valence-electron chi connectivity index (χ3n) is 2.83. The fourth-order valence-corrected chi connectivity index (χ4v) is 1.84. The van der Waals surface area contributed by atoms with Crippen molar-refractivity contribution in [2.45, 2.75) is 26.0 Å². The molecule has 0 heterocycles. The number of alkyl halides is 2. The first-order valence-corrected chi connectivity index (χ1v) is 6.47. The van der Waals surface area contributed by atoms with Crippen molar-refractivity contribution < 1.29 is 27.8 Å². The lowest BCUT2D eigenvalue weighted by molar-refractivity contribution is -0.141. The van der Waals surface area contributed by atoms with E-state index in [4.69, 9.17) is 4.74 Å². The van der Waals surface area contributed by atoms with Gasteiger partial charge in [0.15, 0.2) is 11.5 Å². The molecule has 1 N–H and O–H groups in total. The second-order valence-corrected chi connectivity index (χ2v) is 4.14. The van der Waals surface area contributed by atoms with E-state index in [1.54, 1.807) is 26.1 Å². The van der Waals surface area contributed by atoms with Gasteiger partial charge >= 0.3 is 12.6 Å². The number of carbonyl (C=O) groups is 1. The SMILES string of the molecule is CCOc1cc(C(CC(=O)OC)NC)ccc1OC(F)F. The summed E-state index contributed by atoms with van der Waals surface area (Å²) in [6, 6.07) is 4.27. The zero-order valence-corrected chi connectivity index (χ0v) is 12.2. The van der Waals surface area contributed by atoms with Crippen molar-refractivity contribution >= 4 is 5.97 Å². The predicted molar refractivity (Wildman–Crippen MR) is 72.7 cm³/mol. The molecule has 0 bridgehead atoms. The van der Waals surface area contributed by atoms with Crippen molar-refractivity contribution in [3.8, 4) is 11.5 Å². The Labute approximate surface area is 122 Å². The van der Waals surface area contributed by atoms with E-state index < -0.39 is 6.61 Å². The Morgan fingerprint density at radius 3 is 2.57 bits per heavy atom. The van der Waals surface area contributed by atoms with Crippen LogP contribution in [0.1, 0.15) is 24.9 Å². The lowest BCUT2D eigenvalue weighted by Gasteiger charge is -2.18. The minimum atomic E-state index is -2.93. The normalized spacial score (nSPS) is 12.1. The van der Waals surface area contributed by atoms with Crippen LogP contribution in [0.4, 0.5) is 8.78 Å². The Morgan fingerprint density at radius 2 is 2.05 bits per heavy atom. The molecule has 0 radical (unpaired) electrons. The molecule has 0 saturated heterocycles. The molecule has 0 fully saturated rings. The Bertz CT molecular complexity index is 468. The summed E-state index contributed by atoms with van der Waals surface area (Å²) in [5.74, 6) is -0.204. The number of ether oxygens (including phenoxy) is 3. The molecule has 1 rings (SSSR count). The minimum absolute atomic E-state index is 0.0384. The average Bonchev–Trinajstić information content (AvgIpc) is 2.46. The topological polar surface area (TPSA) is 56.8 Å². The summed E-state index contributed by atoms with van der Waals surface area (Å²) in [5.41, 5.74) is 0.716. The molecule has 5 nitrogen and oxygen atoms in total. The average molecular weight is 303 g/mol. The van der Waals surface area contributed by atoms with Gasteiger partial charge in [-0.05, 0) is 31.7 Å². The number of carbonyl (C=O) groups excluding carboxylic acids is 1. The standard InChI is InChI=1S/C14H19F2NO4/c1-4-20-12-7-9(5-6-11(12)21-14(15)16)10(17-2)8-13(18)19-3/h5-7,10,14,17H,4,8H2,1-3H3. The summed E-state index contributed by atoms with van der Waals surface area (Å²) < 4.78 is 39.0. The number of halogens is 2. The molecule has 0 aliphatic carbocycles. The number of methoxy groups -OCH3 is 1. The lowest BCUT2D eigenvalue weighted by atomic mass is 10.0. The highest BCUT2D eigenvalue weighted by molar-refractivity contribution is 5.70. The van der Waals surface area contributed by atoms with E-state index in [1.165, 1.54) is 13.2 Å². The second kappa shape index (κ2) is 8.41. The van der Waals surface area contributed by atoms with E-state index in [9.17, 15) is 13.6 Å².